The van der Waals surface area contributed by atoms with Gasteiger partial charge in [-0.1, -0.05) is 302 Å². The van der Waals surface area contributed by atoms with Gasteiger partial charge in [0, 0.05) is 21.5 Å². The van der Waals surface area contributed by atoms with Crippen molar-refractivity contribution in [2.75, 3.05) is 0 Å². The van der Waals surface area contributed by atoms with Gasteiger partial charge in [-0.3, -0.25) is 0 Å². The standard InChI is InChI=1S/2C50H30O/c1-2-13-33-27-36(22-21-31(33)11-1)48-40-17-7-9-19-42(40)49(43-20-10-8-18-41(43)48)44-30-37(28-35-14-4-5-15-38(35)44)34-24-25-46-45(29-34)50-39-16-6-3-12-32(39)23-26-47(50)51-46;1-2-13-33-29-35(22-21-31(33)11-1)48-40-17-7-9-19-42(40)49(43-20-10-8-18-41(43)48)44-26-25-36(38-15-5-6-16-39(38)44)34-24-27-46-45(30-34)50-37-14-4-3-12-32(37)23-28-47(50)51-46/h2*1-30H/i1D,2D,3D,4D,5D,6D,7D,8D,9D,10D,11D,12D,13D,14D,15D,16D,17D,18D,19D,20D,21D,22D,23D,24D,25D,26D,27D,28D,29D,30D;1D,2D,7D,8D,9D,10D,11D,13D,17D,18D,19D,20D,21D,22D,29D. The molecule has 0 aliphatic heterocycles. The Labute approximate surface area is 650 Å². The number of rotatable bonds is 6. The maximum absolute atomic E-state index is 10.3. The molecule has 20 aromatic carbocycles. The normalized spacial score (nSPS) is 18.1. The number of hydrogen-bond donors (Lipinski definition) is 0. The van der Waals surface area contributed by atoms with Gasteiger partial charge < -0.3 is 8.83 Å². The van der Waals surface area contributed by atoms with E-state index < -0.39 is 397 Å². The smallest absolute Gasteiger partial charge is 0.136 e. The van der Waals surface area contributed by atoms with Gasteiger partial charge in [0.15, 0.2) is 0 Å². The summed E-state index contributed by atoms with van der Waals surface area (Å²) in [5.41, 5.74) is -3.74. The maximum atomic E-state index is 10.3. The van der Waals surface area contributed by atoms with Crippen LogP contribution in [0.4, 0.5) is 0 Å². The fourth-order valence-corrected chi connectivity index (χ4v) is 13.9. The van der Waals surface area contributed by atoms with E-state index in [0.29, 0.717) is 21.9 Å². The minimum absolute atomic E-state index is 0.0418. The third-order valence-corrected chi connectivity index (χ3v) is 18.2. The van der Waals surface area contributed by atoms with Crippen LogP contribution in [0, 0.1) is 0 Å². The highest BCUT2D eigenvalue weighted by molar-refractivity contribution is 6.27. The van der Waals surface area contributed by atoms with Gasteiger partial charge in [0.25, 0.3) is 0 Å². The Kier molecular flexibility index (Phi) is 6.53. The molecule has 22 aromatic rings. The van der Waals surface area contributed by atoms with Crippen LogP contribution in [0.15, 0.2) is 372 Å². The Morgan fingerprint density at radius 2 is 0.618 bits per heavy atom. The minimum atomic E-state index is -1.14. The molecule has 0 bridgehead atoms. The molecule has 2 nitrogen and oxygen atoms in total. The van der Waals surface area contributed by atoms with Crippen LogP contribution >= 0.6 is 0 Å². The Balaban J connectivity index is 0.000000176. The summed E-state index contributed by atoms with van der Waals surface area (Å²) in [5.74, 6) is 0. The average Bonchev–Trinajstić information content (AvgIpc) is 1.24. The van der Waals surface area contributed by atoms with Crippen molar-refractivity contribution in [3.63, 3.8) is 0 Å². The Bertz CT molecular complexity index is 9960. The summed E-state index contributed by atoms with van der Waals surface area (Å²) in [6, 6.07) is -9.73. The van der Waals surface area contributed by atoms with Crippen LogP contribution in [0.3, 0.4) is 0 Å². The highest BCUT2D eigenvalue weighted by Crippen LogP contribution is 2.50. The molecule has 2 aromatic heterocycles. The molecule has 0 aliphatic carbocycles. The molecule has 0 saturated carbocycles. The lowest BCUT2D eigenvalue weighted by Gasteiger charge is -2.20. The van der Waals surface area contributed by atoms with Crippen molar-refractivity contribution in [1.29, 1.82) is 0 Å². The molecule has 0 amide bonds. The van der Waals surface area contributed by atoms with Crippen LogP contribution in [0.2, 0.25) is 0 Å². The summed E-state index contributed by atoms with van der Waals surface area (Å²) in [4.78, 5) is 0. The van der Waals surface area contributed by atoms with E-state index in [0.717, 1.165) is 38.3 Å². The largest absolute Gasteiger partial charge is 0.456 e. The third kappa shape index (κ3) is 9.13. The molecule has 22 rings (SSSR count). The minimum Gasteiger partial charge on any atom is -0.456 e. The van der Waals surface area contributed by atoms with Crippen molar-refractivity contribution in [2.24, 2.45) is 0 Å². The van der Waals surface area contributed by atoms with Crippen LogP contribution in [-0.2, 0) is 0 Å². The van der Waals surface area contributed by atoms with Gasteiger partial charge in [-0.05, 0) is 235 Å². The molecule has 0 N–H and O–H groups in total. The lowest BCUT2D eigenvalue weighted by molar-refractivity contribution is 0.669. The van der Waals surface area contributed by atoms with Gasteiger partial charge >= 0.3 is 0 Å². The molecule has 472 valence electrons. The lowest BCUT2D eigenvalue weighted by Crippen LogP contribution is -1.92. The van der Waals surface area contributed by atoms with Crippen LogP contribution in [-0.4, -0.2) is 0 Å². The summed E-state index contributed by atoms with van der Waals surface area (Å²) >= 11 is 0. The fraction of sp³-hybridized carbons (Fsp3) is 0. The first kappa shape index (κ1) is 28.8. The van der Waals surface area contributed by atoms with Gasteiger partial charge in [0.05, 0.1) is 61.7 Å². The predicted molar refractivity (Wildman–Crippen MR) is 435 cm³/mol. The molecule has 0 saturated heterocycles. The van der Waals surface area contributed by atoms with Crippen LogP contribution in [0.25, 0.3) is 218 Å². The molecule has 102 heavy (non-hydrogen) atoms. The van der Waals surface area contributed by atoms with Crippen molar-refractivity contribution < 1.29 is 70.5 Å². The van der Waals surface area contributed by atoms with Gasteiger partial charge in [-0.15, -0.1) is 0 Å². The monoisotopic (exact) mass is 1340 g/mol. The Morgan fingerprint density at radius 1 is 0.186 bits per heavy atom. The molecule has 0 spiro atoms. The van der Waals surface area contributed by atoms with Crippen LogP contribution in [0.1, 0.15) is 61.7 Å². The zero-order valence-corrected chi connectivity index (χ0v) is 52.0. The first-order chi connectivity index (χ1) is 69.3. The number of hydrogen-bond acceptors (Lipinski definition) is 2. The summed E-state index contributed by atoms with van der Waals surface area (Å²) in [7, 11) is 0. The van der Waals surface area contributed by atoms with E-state index in [1.54, 1.807) is 12.1 Å². The average molecular weight is 1340 g/mol. The second kappa shape index (κ2) is 23.1. The highest BCUT2D eigenvalue weighted by atomic mass is 16.3. The topological polar surface area (TPSA) is 26.3 Å². The predicted octanol–water partition coefficient (Wildman–Crippen LogP) is 28.7. The van der Waals surface area contributed by atoms with E-state index in [-0.39, 0.29) is 32.7 Å². The SMILES string of the molecule is [2H]c1c(-c2c([2H])c(-c3c4c([2H])c([2H])c([2H])c([2H])c4c(-c4c([2H])c([2H])c5c([2H])c([2H])c([2H])c([2H])c5c4[2H])c4c([2H])c([2H])c([2H])c([2H])c34)c3c([2H])c([2H])c([2H])c([2H])c3c2[2H])c([2H])c2c(oc3c([2H])c([2H])c4c([2H])c([2H])c([2H])c([2H])c4c32)c1[2H].[2H]c1c([2H])c([2H])c2c([2H])c(-c3c4c([2H])c([2H])c([2H])c([2H])c4c(-c4ccc(-c5ccc6oc7ccc8ccccc8c7c6c5)c5ccccc45)c4c([2H])c([2H])c([2H])c([2H])c34)c([2H])c([2H])c2c1[2H]. The van der Waals surface area contributed by atoms with E-state index in [4.69, 9.17) is 44.5 Å². The van der Waals surface area contributed by atoms with Crippen molar-refractivity contribution in [3.05, 3.63) is 363 Å². The molecule has 2 heterocycles. The summed E-state index contributed by atoms with van der Waals surface area (Å²) in [6.45, 7) is 0. The quantitative estimate of drug-likeness (QED) is 0.155. The summed E-state index contributed by atoms with van der Waals surface area (Å²) in [6.07, 6.45) is 0. The maximum Gasteiger partial charge on any atom is 0.136 e. The number of fused-ring (bicyclic) bond motifs is 18. The Morgan fingerprint density at radius 3 is 1.24 bits per heavy atom. The molecule has 0 unspecified atom stereocenters. The third-order valence-electron chi connectivity index (χ3n) is 18.2. The first-order valence-electron chi connectivity index (χ1n) is 54.0. The Hall–Kier alpha value is -13.4. The zero-order chi connectivity index (χ0) is 106. The second-order valence-corrected chi connectivity index (χ2v) is 23.7. The summed E-state index contributed by atoms with van der Waals surface area (Å²) in [5, 5.41) is -4.67. The van der Waals surface area contributed by atoms with E-state index in [9.17, 15) is 26.0 Å². The van der Waals surface area contributed by atoms with Crippen molar-refractivity contribution in [2.45, 2.75) is 0 Å². The molecule has 0 atom stereocenters. The van der Waals surface area contributed by atoms with Crippen molar-refractivity contribution >= 4 is 152 Å². The molecule has 2 heteroatoms. The van der Waals surface area contributed by atoms with E-state index >= 15 is 0 Å². The van der Waals surface area contributed by atoms with Gasteiger partial charge in [0.2, 0.25) is 0 Å². The zero-order valence-electron chi connectivity index (χ0n) is 97.0. The first-order valence-corrected chi connectivity index (χ1v) is 31.5. The molecule has 0 radical (unpaired) electrons. The molecular weight excluding hydrogens is 1230 g/mol. The molecule has 0 aliphatic rings. The van der Waals surface area contributed by atoms with E-state index in [1.807, 2.05) is 66.7 Å². The fourth-order valence-electron chi connectivity index (χ4n) is 13.9. The van der Waals surface area contributed by atoms with Gasteiger partial charge in [0.1, 0.15) is 22.3 Å². The lowest BCUT2D eigenvalue weighted by atomic mass is 9.83. The van der Waals surface area contributed by atoms with Gasteiger partial charge in [-0.2, -0.15) is 0 Å². The number of furan rings is 2. The second-order valence-electron chi connectivity index (χ2n) is 23.7. The van der Waals surface area contributed by atoms with E-state index in [2.05, 4.69) is 12.1 Å². The van der Waals surface area contributed by atoms with Crippen LogP contribution in [0.5, 0.6) is 0 Å². The van der Waals surface area contributed by atoms with Crippen molar-refractivity contribution in [1.82, 2.24) is 0 Å². The van der Waals surface area contributed by atoms with Crippen molar-refractivity contribution in [3.8, 4) is 66.8 Å². The van der Waals surface area contributed by atoms with Gasteiger partial charge in [-0.25, -0.2) is 0 Å². The number of benzene rings is 20. The molecular formula is C100H60O2. The highest BCUT2D eigenvalue weighted by Gasteiger charge is 2.23. The summed E-state index contributed by atoms with van der Waals surface area (Å²) < 4.78 is 422. The van der Waals surface area contributed by atoms with E-state index in [1.165, 1.54) is 0 Å². The molecule has 0 fully saturated rings. The van der Waals surface area contributed by atoms with Crippen LogP contribution < -0.4 is 0 Å².